The van der Waals surface area contributed by atoms with Gasteiger partial charge in [0.15, 0.2) is 0 Å². The second kappa shape index (κ2) is 10.1. The minimum absolute atomic E-state index is 0.429. The molecule has 3 aromatic rings. The van der Waals surface area contributed by atoms with Crippen LogP contribution in [0.2, 0.25) is 0 Å². The van der Waals surface area contributed by atoms with Gasteiger partial charge in [-0.05, 0) is 75.3 Å². The Labute approximate surface area is 196 Å². The molecule has 182 valence electrons. The van der Waals surface area contributed by atoms with Crippen molar-refractivity contribution in [3.63, 3.8) is 0 Å². The zero-order chi connectivity index (χ0) is 24.2. The Morgan fingerprint density at radius 1 is 1.06 bits per heavy atom. The third kappa shape index (κ3) is 5.76. The molecule has 1 fully saturated rings. The van der Waals surface area contributed by atoms with Crippen molar-refractivity contribution in [2.75, 3.05) is 31.5 Å². The molecule has 1 aliphatic rings. The van der Waals surface area contributed by atoms with E-state index in [2.05, 4.69) is 24.4 Å². The number of hydrogen-bond donors (Lipinski definition) is 1. The van der Waals surface area contributed by atoms with Crippen LogP contribution in [0.25, 0.3) is 22.2 Å². The van der Waals surface area contributed by atoms with Gasteiger partial charge in [0.2, 0.25) is 0 Å². The van der Waals surface area contributed by atoms with Crippen LogP contribution >= 0.6 is 0 Å². The molecule has 0 unspecified atom stereocenters. The molecule has 1 aromatic carbocycles. The number of halogens is 3. The maximum atomic E-state index is 12.6. The van der Waals surface area contributed by atoms with Crippen LogP contribution in [0.4, 0.5) is 18.9 Å². The van der Waals surface area contributed by atoms with E-state index in [0.29, 0.717) is 16.8 Å². The molecule has 0 aliphatic carbocycles. The van der Waals surface area contributed by atoms with E-state index in [-0.39, 0.29) is 0 Å². The minimum Gasteiger partial charge on any atom is -0.384 e. The first-order valence-corrected chi connectivity index (χ1v) is 12.5. The molecule has 2 aromatic heterocycles. The largest absolute Gasteiger partial charge is 0.534 e. The van der Waals surface area contributed by atoms with Crippen LogP contribution in [0.5, 0.6) is 5.75 Å². The molecule has 0 spiro atoms. The van der Waals surface area contributed by atoms with Gasteiger partial charge in [-0.2, -0.15) is 21.6 Å². The monoisotopic (exact) mass is 494 g/mol. The smallest absolute Gasteiger partial charge is 0.384 e. The van der Waals surface area contributed by atoms with Crippen LogP contribution in [0.3, 0.4) is 0 Å². The summed E-state index contributed by atoms with van der Waals surface area (Å²) >= 11 is 0. The predicted molar refractivity (Wildman–Crippen MR) is 124 cm³/mol. The Hall–Kier alpha value is -2.92. The first-order chi connectivity index (χ1) is 16.2. The maximum Gasteiger partial charge on any atom is 0.534 e. The zero-order valence-corrected chi connectivity index (χ0v) is 19.2. The molecule has 0 saturated carbocycles. The summed E-state index contributed by atoms with van der Waals surface area (Å²) in [6, 6.07) is 8.91. The molecule has 0 atom stereocenters. The van der Waals surface area contributed by atoms with E-state index in [0.717, 1.165) is 43.7 Å². The highest BCUT2D eigenvalue weighted by Crippen LogP contribution is 2.31. The number of piperidine rings is 1. The predicted octanol–water partition coefficient (Wildman–Crippen LogP) is 4.81. The van der Waals surface area contributed by atoms with E-state index < -0.39 is 21.4 Å². The summed E-state index contributed by atoms with van der Waals surface area (Å²) in [4.78, 5) is 11.3. The van der Waals surface area contributed by atoms with Gasteiger partial charge in [0.1, 0.15) is 5.75 Å². The lowest BCUT2D eigenvalue weighted by Gasteiger charge is -2.26. The van der Waals surface area contributed by atoms with Crippen molar-refractivity contribution in [3.8, 4) is 17.0 Å². The lowest BCUT2D eigenvalue weighted by Crippen LogP contribution is -2.31. The molecule has 3 heterocycles. The molecule has 0 amide bonds. The fraction of sp³-hybridized carbons (Fsp3) is 0.391. The summed E-state index contributed by atoms with van der Waals surface area (Å²) in [5, 5.41) is 4.32. The molecule has 11 heteroatoms. The summed E-state index contributed by atoms with van der Waals surface area (Å²) in [6.45, 7) is 4.10. The Balaban J connectivity index is 1.50. The molecule has 4 rings (SSSR count). The average molecular weight is 495 g/mol. The highest BCUT2D eigenvalue weighted by atomic mass is 32.2. The van der Waals surface area contributed by atoms with E-state index in [1.165, 1.54) is 43.5 Å². The van der Waals surface area contributed by atoms with Gasteiger partial charge in [0.25, 0.3) is 0 Å². The van der Waals surface area contributed by atoms with Crippen LogP contribution in [0.15, 0.2) is 48.8 Å². The molecule has 34 heavy (non-hydrogen) atoms. The Morgan fingerprint density at radius 2 is 1.79 bits per heavy atom. The third-order valence-electron chi connectivity index (χ3n) is 5.66. The van der Waals surface area contributed by atoms with E-state index in [1.54, 1.807) is 18.5 Å². The number of benzene rings is 1. The van der Waals surface area contributed by atoms with Gasteiger partial charge in [-0.15, -0.1) is 0 Å². The number of likely N-dealkylation sites (tertiary alicyclic amines) is 1. The van der Waals surface area contributed by atoms with Crippen molar-refractivity contribution in [2.24, 2.45) is 0 Å². The number of anilines is 1. The fourth-order valence-electron chi connectivity index (χ4n) is 3.93. The van der Waals surface area contributed by atoms with Gasteiger partial charge in [-0.25, -0.2) is 4.98 Å². The van der Waals surface area contributed by atoms with E-state index in [1.807, 2.05) is 6.07 Å². The molecule has 1 aliphatic heterocycles. The van der Waals surface area contributed by atoms with Crippen molar-refractivity contribution in [1.82, 2.24) is 14.9 Å². The normalized spacial score (nSPS) is 15.4. The van der Waals surface area contributed by atoms with Gasteiger partial charge in [0, 0.05) is 35.6 Å². The highest BCUT2D eigenvalue weighted by molar-refractivity contribution is 7.88. The first-order valence-electron chi connectivity index (χ1n) is 11.1. The number of fused-ring (bicyclic) bond motifs is 1. The molecular weight excluding hydrogens is 469 g/mol. The van der Waals surface area contributed by atoms with Gasteiger partial charge in [0.05, 0.1) is 11.2 Å². The summed E-state index contributed by atoms with van der Waals surface area (Å²) in [5.74, 6) is -0.429. The second-order valence-electron chi connectivity index (χ2n) is 8.14. The number of pyridine rings is 2. The Morgan fingerprint density at radius 3 is 2.50 bits per heavy atom. The maximum absolute atomic E-state index is 12.6. The van der Waals surface area contributed by atoms with Crippen LogP contribution in [-0.4, -0.2) is 55.0 Å². The summed E-state index contributed by atoms with van der Waals surface area (Å²) in [5.41, 5.74) is -2.74. The lowest BCUT2D eigenvalue weighted by molar-refractivity contribution is -0.0500. The zero-order valence-electron chi connectivity index (χ0n) is 18.4. The van der Waals surface area contributed by atoms with Crippen molar-refractivity contribution in [2.45, 2.75) is 31.2 Å². The van der Waals surface area contributed by atoms with Gasteiger partial charge < -0.3 is 14.4 Å². The van der Waals surface area contributed by atoms with E-state index in [4.69, 9.17) is 0 Å². The summed E-state index contributed by atoms with van der Waals surface area (Å²) in [6.07, 6.45) is 8.17. The molecule has 1 saturated heterocycles. The number of nitrogens with one attached hydrogen (secondary N) is 1. The van der Waals surface area contributed by atoms with Crippen molar-refractivity contribution >= 4 is 26.7 Å². The first kappa shape index (κ1) is 24.2. The third-order valence-corrected chi connectivity index (χ3v) is 6.64. The number of nitrogens with zero attached hydrogens (tertiary/aromatic N) is 3. The van der Waals surface area contributed by atoms with Crippen LogP contribution in [-0.2, 0) is 10.1 Å². The van der Waals surface area contributed by atoms with Gasteiger partial charge >= 0.3 is 15.6 Å². The summed E-state index contributed by atoms with van der Waals surface area (Å²) < 4.78 is 64.3. The molecule has 0 bridgehead atoms. The Bertz CT molecular complexity index is 1230. The molecule has 7 nitrogen and oxygen atoms in total. The van der Waals surface area contributed by atoms with Crippen molar-refractivity contribution < 1.29 is 25.8 Å². The number of alkyl halides is 3. The number of hydrogen-bond acceptors (Lipinski definition) is 7. The molecule has 0 radical (unpaired) electrons. The topological polar surface area (TPSA) is 84.4 Å². The standard InChI is InChI=1S/C23H25F3N4O3S/c24-23(25,26)34(31,32)33-18-7-5-17(6-8-18)21-15-22(19-16-27-11-9-20(19)29-21)28-10-4-14-30-12-2-1-3-13-30/h5-9,11,15-16H,1-4,10,12-14H2,(H,28,29). The Kier molecular flexibility index (Phi) is 7.22. The fourth-order valence-corrected chi connectivity index (χ4v) is 4.39. The van der Waals surface area contributed by atoms with Crippen LogP contribution in [0, 0.1) is 0 Å². The SMILES string of the molecule is O=S(=O)(Oc1ccc(-c2cc(NCCCN3CCCCC3)c3cnccc3n2)cc1)C(F)(F)F. The molecular formula is C23H25F3N4O3S. The van der Waals surface area contributed by atoms with E-state index >= 15 is 0 Å². The average Bonchev–Trinajstić information content (AvgIpc) is 2.82. The summed E-state index contributed by atoms with van der Waals surface area (Å²) in [7, 11) is -5.72. The van der Waals surface area contributed by atoms with E-state index in [9.17, 15) is 21.6 Å². The van der Waals surface area contributed by atoms with Gasteiger partial charge in [-0.1, -0.05) is 6.42 Å². The van der Waals surface area contributed by atoms with Crippen molar-refractivity contribution in [1.29, 1.82) is 0 Å². The number of aromatic nitrogens is 2. The van der Waals surface area contributed by atoms with Crippen molar-refractivity contribution in [3.05, 3.63) is 48.8 Å². The molecule has 1 N–H and O–H groups in total. The second-order valence-corrected chi connectivity index (χ2v) is 9.68. The van der Waals surface area contributed by atoms with Crippen LogP contribution in [0.1, 0.15) is 25.7 Å². The minimum atomic E-state index is -5.72. The number of rotatable bonds is 8. The van der Waals surface area contributed by atoms with Crippen LogP contribution < -0.4 is 9.50 Å². The van der Waals surface area contributed by atoms with Gasteiger partial charge in [-0.3, -0.25) is 4.98 Å². The lowest BCUT2D eigenvalue weighted by atomic mass is 10.1. The highest BCUT2D eigenvalue weighted by Gasteiger charge is 2.48. The quantitative estimate of drug-likeness (QED) is 0.273.